The quantitative estimate of drug-likeness (QED) is 0.793. The number of hydrogen-bond acceptors (Lipinski definition) is 3. The standard InChI is InChI=1S/C16H17ClN2O2/c1-11(20)19-15-8-6-14(7-9-15)18-10-16(21)12-2-4-13(17)5-3-12/h2-9,16,18,21H,10H2,1H3,(H,19,20). The molecule has 2 rings (SSSR count). The zero-order valence-electron chi connectivity index (χ0n) is 11.6. The molecule has 4 nitrogen and oxygen atoms in total. The van der Waals surface area contributed by atoms with Crippen LogP contribution in [0, 0.1) is 0 Å². The highest BCUT2D eigenvalue weighted by Crippen LogP contribution is 2.18. The topological polar surface area (TPSA) is 61.4 Å². The molecule has 0 aliphatic heterocycles. The molecule has 1 atom stereocenters. The number of benzene rings is 2. The van der Waals surface area contributed by atoms with Gasteiger partial charge in [0.05, 0.1) is 6.10 Å². The van der Waals surface area contributed by atoms with Crippen LogP contribution in [0.3, 0.4) is 0 Å². The Kier molecular flexibility index (Phi) is 5.20. The first-order valence-electron chi connectivity index (χ1n) is 6.59. The SMILES string of the molecule is CC(=O)Nc1ccc(NCC(O)c2ccc(Cl)cc2)cc1. The molecule has 3 N–H and O–H groups in total. The summed E-state index contributed by atoms with van der Waals surface area (Å²) in [5, 5.41) is 16.6. The first-order valence-corrected chi connectivity index (χ1v) is 6.97. The first-order chi connectivity index (χ1) is 10.0. The summed E-state index contributed by atoms with van der Waals surface area (Å²) in [4.78, 5) is 10.9. The molecule has 0 aliphatic carbocycles. The van der Waals surface area contributed by atoms with Gasteiger partial charge in [0.25, 0.3) is 0 Å². The molecule has 0 aromatic heterocycles. The monoisotopic (exact) mass is 304 g/mol. The molecular formula is C16H17ClN2O2. The maximum absolute atomic E-state index is 10.9. The molecule has 2 aromatic carbocycles. The highest BCUT2D eigenvalue weighted by atomic mass is 35.5. The predicted octanol–water partition coefficient (Wildman–Crippen LogP) is 3.44. The Morgan fingerprint density at radius 2 is 1.67 bits per heavy atom. The van der Waals surface area contributed by atoms with Crippen LogP contribution in [0.2, 0.25) is 5.02 Å². The molecule has 0 fully saturated rings. The van der Waals surface area contributed by atoms with Gasteiger partial charge in [-0.3, -0.25) is 4.79 Å². The number of rotatable bonds is 5. The van der Waals surface area contributed by atoms with Gasteiger partial charge in [0, 0.05) is 29.9 Å². The lowest BCUT2D eigenvalue weighted by Gasteiger charge is -2.13. The molecule has 21 heavy (non-hydrogen) atoms. The summed E-state index contributed by atoms with van der Waals surface area (Å²) in [6, 6.07) is 14.4. The van der Waals surface area contributed by atoms with Crippen LogP contribution in [0.25, 0.3) is 0 Å². The number of anilines is 2. The van der Waals surface area contributed by atoms with E-state index in [-0.39, 0.29) is 5.91 Å². The molecule has 0 spiro atoms. The van der Waals surface area contributed by atoms with E-state index in [1.54, 1.807) is 36.4 Å². The number of aliphatic hydroxyl groups excluding tert-OH is 1. The van der Waals surface area contributed by atoms with Gasteiger partial charge in [-0.15, -0.1) is 0 Å². The number of hydrogen-bond donors (Lipinski definition) is 3. The van der Waals surface area contributed by atoms with E-state index in [2.05, 4.69) is 10.6 Å². The number of aliphatic hydroxyl groups is 1. The molecule has 110 valence electrons. The third-order valence-electron chi connectivity index (χ3n) is 2.96. The van der Waals surface area contributed by atoms with Crippen LogP contribution in [0.4, 0.5) is 11.4 Å². The van der Waals surface area contributed by atoms with Gasteiger partial charge in [0.2, 0.25) is 5.91 Å². The van der Waals surface area contributed by atoms with Gasteiger partial charge in [-0.25, -0.2) is 0 Å². The van der Waals surface area contributed by atoms with Gasteiger partial charge >= 0.3 is 0 Å². The van der Waals surface area contributed by atoms with Crippen molar-refractivity contribution in [2.75, 3.05) is 17.2 Å². The van der Waals surface area contributed by atoms with Crippen molar-refractivity contribution < 1.29 is 9.90 Å². The van der Waals surface area contributed by atoms with E-state index >= 15 is 0 Å². The summed E-state index contributed by atoms with van der Waals surface area (Å²) in [6.45, 7) is 1.86. The first kappa shape index (κ1) is 15.4. The highest BCUT2D eigenvalue weighted by molar-refractivity contribution is 6.30. The average Bonchev–Trinajstić information content (AvgIpc) is 2.46. The second-order valence-electron chi connectivity index (χ2n) is 4.71. The Morgan fingerprint density at radius 1 is 1.10 bits per heavy atom. The third-order valence-corrected chi connectivity index (χ3v) is 3.21. The van der Waals surface area contributed by atoms with Crippen LogP contribution in [0.5, 0.6) is 0 Å². The van der Waals surface area contributed by atoms with Crippen LogP contribution in [0.1, 0.15) is 18.6 Å². The number of halogens is 1. The fourth-order valence-corrected chi connectivity index (χ4v) is 2.02. The van der Waals surface area contributed by atoms with Gasteiger partial charge in [0.15, 0.2) is 0 Å². The molecule has 0 aliphatic rings. The van der Waals surface area contributed by atoms with Crippen molar-refractivity contribution >= 4 is 28.9 Å². The van der Waals surface area contributed by atoms with Crippen LogP contribution in [-0.2, 0) is 4.79 Å². The Hall–Kier alpha value is -2.04. The number of amides is 1. The van der Waals surface area contributed by atoms with E-state index in [0.29, 0.717) is 11.6 Å². The summed E-state index contributed by atoms with van der Waals surface area (Å²) < 4.78 is 0. The van der Waals surface area contributed by atoms with Crippen molar-refractivity contribution in [3.63, 3.8) is 0 Å². The summed E-state index contributed by atoms with van der Waals surface area (Å²) in [7, 11) is 0. The Morgan fingerprint density at radius 3 is 2.24 bits per heavy atom. The zero-order chi connectivity index (χ0) is 15.2. The molecule has 1 amide bonds. The molecule has 0 radical (unpaired) electrons. The Balaban J connectivity index is 1.90. The van der Waals surface area contributed by atoms with Crippen molar-refractivity contribution in [3.05, 3.63) is 59.1 Å². The van der Waals surface area contributed by atoms with Gasteiger partial charge in [-0.1, -0.05) is 23.7 Å². The van der Waals surface area contributed by atoms with Crippen molar-refractivity contribution in [3.8, 4) is 0 Å². The molecule has 0 heterocycles. The van der Waals surface area contributed by atoms with E-state index in [0.717, 1.165) is 16.9 Å². The maximum Gasteiger partial charge on any atom is 0.221 e. The zero-order valence-corrected chi connectivity index (χ0v) is 12.4. The number of nitrogens with one attached hydrogen (secondary N) is 2. The van der Waals surface area contributed by atoms with E-state index in [9.17, 15) is 9.90 Å². The summed E-state index contributed by atoms with van der Waals surface area (Å²) in [5.41, 5.74) is 2.42. The van der Waals surface area contributed by atoms with Gasteiger partial charge in [-0.05, 0) is 42.0 Å². The van der Waals surface area contributed by atoms with Crippen molar-refractivity contribution in [1.29, 1.82) is 0 Å². The molecular weight excluding hydrogens is 288 g/mol. The number of carbonyl (C=O) groups excluding carboxylic acids is 1. The smallest absolute Gasteiger partial charge is 0.221 e. The minimum absolute atomic E-state index is 0.103. The Labute approximate surface area is 128 Å². The second-order valence-corrected chi connectivity index (χ2v) is 5.14. The second kappa shape index (κ2) is 7.11. The maximum atomic E-state index is 10.9. The molecule has 0 saturated heterocycles. The fraction of sp³-hybridized carbons (Fsp3) is 0.188. The van der Waals surface area contributed by atoms with Gasteiger partial charge in [0.1, 0.15) is 0 Å². The van der Waals surface area contributed by atoms with Gasteiger partial charge < -0.3 is 15.7 Å². The minimum Gasteiger partial charge on any atom is -0.387 e. The lowest BCUT2D eigenvalue weighted by molar-refractivity contribution is -0.114. The Bertz CT molecular complexity index is 597. The predicted molar refractivity (Wildman–Crippen MR) is 85.6 cm³/mol. The molecule has 5 heteroatoms. The molecule has 0 saturated carbocycles. The van der Waals surface area contributed by atoms with Crippen molar-refractivity contribution in [1.82, 2.24) is 0 Å². The molecule has 0 bridgehead atoms. The molecule has 1 unspecified atom stereocenters. The highest BCUT2D eigenvalue weighted by Gasteiger charge is 2.07. The van der Waals surface area contributed by atoms with Crippen molar-refractivity contribution in [2.45, 2.75) is 13.0 Å². The normalized spacial score (nSPS) is 11.8. The van der Waals surface area contributed by atoms with E-state index < -0.39 is 6.10 Å². The van der Waals surface area contributed by atoms with E-state index in [1.807, 2.05) is 12.1 Å². The summed E-state index contributed by atoms with van der Waals surface area (Å²) in [5.74, 6) is -0.103. The van der Waals surface area contributed by atoms with Crippen LogP contribution >= 0.6 is 11.6 Å². The lowest BCUT2D eigenvalue weighted by atomic mass is 10.1. The summed E-state index contributed by atoms with van der Waals surface area (Å²) >= 11 is 5.81. The van der Waals surface area contributed by atoms with Gasteiger partial charge in [-0.2, -0.15) is 0 Å². The minimum atomic E-state index is -0.614. The van der Waals surface area contributed by atoms with Crippen LogP contribution in [-0.4, -0.2) is 17.6 Å². The summed E-state index contributed by atoms with van der Waals surface area (Å²) in [6.07, 6.45) is -0.614. The molecule has 2 aromatic rings. The average molecular weight is 305 g/mol. The largest absolute Gasteiger partial charge is 0.387 e. The van der Waals surface area contributed by atoms with E-state index in [4.69, 9.17) is 11.6 Å². The third kappa shape index (κ3) is 4.77. The van der Waals surface area contributed by atoms with Crippen LogP contribution in [0.15, 0.2) is 48.5 Å². The van der Waals surface area contributed by atoms with E-state index in [1.165, 1.54) is 6.92 Å². The lowest BCUT2D eigenvalue weighted by Crippen LogP contribution is -2.12. The van der Waals surface area contributed by atoms with Crippen LogP contribution < -0.4 is 10.6 Å². The van der Waals surface area contributed by atoms with Crippen molar-refractivity contribution in [2.24, 2.45) is 0 Å². The number of carbonyl (C=O) groups is 1. The fourth-order valence-electron chi connectivity index (χ4n) is 1.89.